The molecule has 0 spiro atoms. The zero-order valence-corrected chi connectivity index (χ0v) is 16.2. The van der Waals surface area contributed by atoms with Gasteiger partial charge in [0.15, 0.2) is 0 Å². The number of hydrogen-bond donors (Lipinski definition) is 1. The Bertz CT molecular complexity index is 969. The van der Waals surface area contributed by atoms with E-state index in [9.17, 15) is 9.59 Å². The molecule has 1 aliphatic rings. The summed E-state index contributed by atoms with van der Waals surface area (Å²) in [5.41, 5.74) is 2.62. The predicted octanol–water partition coefficient (Wildman–Crippen LogP) is 3.29. The number of para-hydroxylation sites is 2. The van der Waals surface area contributed by atoms with Crippen LogP contribution in [-0.4, -0.2) is 39.6 Å². The second-order valence-corrected chi connectivity index (χ2v) is 7.34. The fourth-order valence-electron chi connectivity index (χ4n) is 3.64. The molecule has 2 heterocycles. The highest BCUT2D eigenvalue weighted by Crippen LogP contribution is 2.20. The van der Waals surface area contributed by atoms with Gasteiger partial charge in [-0.3, -0.25) is 9.59 Å². The maximum Gasteiger partial charge on any atom is 0.229 e. The molecule has 2 aromatic carbocycles. The van der Waals surface area contributed by atoms with Crippen LogP contribution in [0.25, 0.3) is 5.69 Å². The third kappa shape index (κ3) is 4.71. The Morgan fingerprint density at radius 2 is 1.76 bits per heavy atom. The molecule has 1 atom stereocenters. The summed E-state index contributed by atoms with van der Waals surface area (Å²) in [5, 5.41) is 7.31. The first kappa shape index (κ1) is 18.9. The molecule has 2 amide bonds. The molecule has 6 heteroatoms. The number of anilines is 1. The molecule has 0 radical (unpaired) electrons. The topological polar surface area (TPSA) is 67.2 Å². The number of benzene rings is 2. The molecule has 29 heavy (non-hydrogen) atoms. The molecule has 0 saturated carbocycles. The second kappa shape index (κ2) is 8.73. The predicted molar refractivity (Wildman–Crippen MR) is 112 cm³/mol. The van der Waals surface area contributed by atoms with Crippen LogP contribution in [0.1, 0.15) is 18.4 Å². The number of carbonyl (C=O) groups is 2. The largest absolute Gasteiger partial charge is 0.342 e. The molecule has 148 valence electrons. The van der Waals surface area contributed by atoms with Crippen LogP contribution in [0.4, 0.5) is 5.69 Å². The maximum absolute atomic E-state index is 12.8. The second-order valence-electron chi connectivity index (χ2n) is 7.34. The van der Waals surface area contributed by atoms with Gasteiger partial charge in [-0.2, -0.15) is 5.10 Å². The van der Waals surface area contributed by atoms with Crippen LogP contribution in [0.3, 0.4) is 0 Å². The van der Waals surface area contributed by atoms with Crippen LogP contribution in [-0.2, 0) is 16.0 Å². The minimum Gasteiger partial charge on any atom is -0.342 e. The number of nitrogens with one attached hydrogen (secondary N) is 1. The van der Waals surface area contributed by atoms with Gasteiger partial charge in [0.1, 0.15) is 0 Å². The molecule has 0 aliphatic carbocycles. The lowest BCUT2D eigenvalue weighted by Gasteiger charge is -2.32. The first-order valence-electron chi connectivity index (χ1n) is 9.92. The van der Waals surface area contributed by atoms with Crippen molar-refractivity contribution in [1.82, 2.24) is 14.7 Å². The van der Waals surface area contributed by atoms with E-state index < -0.39 is 0 Å². The summed E-state index contributed by atoms with van der Waals surface area (Å²) >= 11 is 0. The number of aromatic nitrogens is 2. The SMILES string of the molecule is O=C(Nc1ccccc1)C1CCCN(C(=O)Cc2cnn(-c3ccccc3)c2)C1. The summed E-state index contributed by atoms with van der Waals surface area (Å²) in [5.74, 6) is -0.166. The van der Waals surface area contributed by atoms with E-state index in [-0.39, 0.29) is 17.7 Å². The van der Waals surface area contributed by atoms with Crippen molar-refractivity contribution in [2.45, 2.75) is 19.3 Å². The van der Waals surface area contributed by atoms with E-state index >= 15 is 0 Å². The lowest BCUT2D eigenvalue weighted by Crippen LogP contribution is -2.44. The monoisotopic (exact) mass is 388 g/mol. The van der Waals surface area contributed by atoms with Gasteiger partial charge in [-0.1, -0.05) is 36.4 Å². The van der Waals surface area contributed by atoms with Crippen molar-refractivity contribution in [3.63, 3.8) is 0 Å². The van der Waals surface area contributed by atoms with Gasteiger partial charge in [-0.15, -0.1) is 0 Å². The molecule has 1 fully saturated rings. The number of nitrogens with zero attached hydrogens (tertiary/aromatic N) is 3. The summed E-state index contributed by atoms with van der Waals surface area (Å²) in [7, 11) is 0. The van der Waals surface area contributed by atoms with Crippen molar-refractivity contribution >= 4 is 17.5 Å². The van der Waals surface area contributed by atoms with Crippen LogP contribution in [0.15, 0.2) is 73.1 Å². The molecule has 1 N–H and O–H groups in total. The Morgan fingerprint density at radius 1 is 1.03 bits per heavy atom. The average molecular weight is 388 g/mol. The smallest absolute Gasteiger partial charge is 0.229 e. The number of piperidine rings is 1. The van der Waals surface area contributed by atoms with Crippen LogP contribution in [0.2, 0.25) is 0 Å². The van der Waals surface area contributed by atoms with Gasteiger partial charge in [0, 0.05) is 25.0 Å². The third-order valence-electron chi connectivity index (χ3n) is 5.20. The van der Waals surface area contributed by atoms with Gasteiger partial charge in [-0.25, -0.2) is 4.68 Å². The van der Waals surface area contributed by atoms with Crippen molar-refractivity contribution < 1.29 is 9.59 Å². The van der Waals surface area contributed by atoms with Crippen molar-refractivity contribution in [1.29, 1.82) is 0 Å². The zero-order chi connectivity index (χ0) is 20.1. The van der Waals surface area contributed by atoms with E-state index in [1.165, 1.54) is 0 Å². The fourth-order valence-corrected chi connectivity index (χ4v) is 3.64. The lowest BCUT2D eigenvalue weighted by atomic mass is 9.96. The van der Waals surface area contributed by atoms with Crippen LogP contribution in [0, 0.1) is 5.92 Å². The summed E-state index contributed by atoms with van der Waals surface area (Å²) in [6.07, 6.45) is 5.54. The van der Waals surface area contributed by atoms with E-state index in [1.807, 2.05) is 66.9 Å². The van der Waals surface area contributed by atoms with Gasteiger partial charge in [0.05, 0.1) is 24.2 Å². The van der Waals surface area contributed by atoms with E-state index in [0.717, 1.165) is 29.8 Å². The Balaban J connectivity index is 1.35. The molecular weight excluding hydrogens is 364 g/mol. The first-order valence-corrected chi connectivity index (χ1v) is 9.92. The fraction of sp³-hybridized carbons (Fsp3) is 0.261. The molecule has 6 nitrogen and oxygen atoms in total. The standard InChI is InChI=1S/C23H24N4O2/c28-22(14-18-15-24-27(16-18)21-11-5-2-6-12-21)26-13-7-8-19(17-26)23(29)25-20-9-3-1-4-10-20/h1-6,9-12,15-16,19H,7-8,13-14,17H2,(H,25,29). The van der Waals surface area contributed by atoms with Crippen LogP contribution >= 0.6 is 0 Å². The van der Waals surface area contributed by atoms with Crippen LogP contribution < -0.4 is 5.32 Å². The third-order valence-corrected chi connectivity index (χ3v) is 5.20. The average Bonchev–Trinajstić information content (AvgIpc) is 3.23. The molecule has 3 aromatic rings. The summed E-state index contributed by atoms with van der Waals surface area (Å²) in [6.45, 7) is 1.16. The number of amides is 2. The number of rotatable bonds is 5. The highest BCUT2D eigenvalue weighted by Gasteiger charge is 2.28. The Labute approximate surface area is 170 Å². The van der Waals surface area contributed by atoms with Crippen molar-refractivity contribution in [2.75, 3.05) is 18.4 Å². The number of carbonyl (C=O) groups excluding carboxylic acids is 2. The summed E-state index contributed by atoms with van der Waals surface area (Å²) in [6, 6.07) is 19.2. The van der Waals surface area contributed by atoms with E-state index in [1.54, 1.807) is 15.8 Å². The highest BCUT2D eigenvalue weighted by atomic mass is 16.2. The van der Waals surface area contributed by atoms with E-state index in [2.05, 4.69) is 10.4 Å². The van der Waals surface area contributed by atoms with Gasteiger partial charge in [0.25, 0.3) is 0 Å². The molecule has 0 bridgehead atoms. The van der Waals surface area contributed by atoms with E-state index in [0.29, 0.717) is 19.5 Å². The lowest BCUT2D eigenvalue weighted by molar-refractivity contribution is -0.133. The van der Waals surface area contributed by atoms with Gasteiger partial charge < -0.3 is 10.2 Å². The van der Waals surface area contributed by atoms with Crippen molar-refractivity contribution in [2.24, 2.45) is 5.92 Å². The van der Waals surface area contributed by atoms with Crippen LogP contribution in [0.5, 0.6) is 0 Å². The summed E-state index contributed by atoms with van der Waals surface area (Å²) < 4.78 is 1.77. The molecule has 1 unspecified atom stereocenters. The zero-order valence-electron chi connectivity index (χ0n) is 16.2. The minimum absolute atomic E-state index is 0.0226. The number of likely N-dealkylation sites (tertiary alicyclic amines) is 1. The van der Waals surface area contributed by atoms with Gasteiger partial charge >= 0.3 is 0 Å². The molecule has 1 aromatic heterocycles. The van der Waals surface area contributed by atoms with E-state index in [4.69, 9.17) is 0 Å². The molecule has 1 saturated heterocycles. The number of hydrogen-bond acceptors (Lipinski definition) is 3. The Kier molecular flexibility index (Phi) is 5.70. The molecular formula is C23H24N4O2. The minimum atomic E-state index is -0.181. The normalized spacial score (nSPS) is 16.4. The summed E-state index contributed by atoms with van der Waals surface area (Å²) in [4.78, 5) is 27.2. The molecule has 4 rings (SSSR count). The highest BCUT2D eigenvalue weighted by molar-refractivity contribution is 5.93. The first-order chi connectivity index (χ1) is 14.2. The van der Waals surface area contributed by atoms with Crippen molar-refractivity contribution in [3.8, 4) is 5.69 Å². The van der Waals surface area contributed by atoms with Crippen molar-refractivity contribution in [3.05, 3.63) is 78.6 Å². The Morgan fingerprint density at radius 3 is 2.52 bits per heavy atom. The van der Waals surface area contributed by atoms with Gasteiger partial charge in [0.2, 0.25) is 11.8 Å². The maximum atomic E-state index is 12.8. The quantitative estimate of drug-likeness (QED) is 0.729. The molecule has 1 aliphatic heterocycles. The van der Waals surface area contributed by atoms with Gasteiger partial charge in [-0.05, 0) is 42.7 Å². The Hall–Kier alpha value is -3.41.